The second-order valence-electron chi connectivity index (χ2n) is 36.4. The van der Waals surface area contributed by atoms with Gasteiger partial charge in [0, 0.05) is 25.8 Å². The van der Waals surface area contributed by atoms with Gasteiger partial charge in [0.2, 0.25) is 124 Å². The van der Waals surface area contributed by atoms with E-state index in [0.29, 0.717) is 12.8 Å². The summed E-state index contributed by atoms with van der Waals surface area (Å²) in [6, 6.07) is -30.6. The van der Waals surface area contributed by atoms with E-state index < -0.39 is 333 Å². The number of carbonyl (C=O) groups is 24. The number of carbonyl (C=O) groups excluding carboxylic acids is 21. The molecular formula is C86H147N23O31. The number of aliphatic carboxylic acids is 3. The molecule has 1 saturated heterocycles. The first-order chi connectivity index (χ1) is 65.2. The van der Waals surface area contributed by atoms with E-state index in [1.54, 1.807) is 55.4 Å². The molecule has 0 bridgehead atoms. The Morgan fingerprint density at radius 1 is 0.343 bits per heavy atom. The Balaban J connectivity index is 3.33. The summed E-state index contributed by atoms with van der Waals surface area (Å²) < 4.78 is 0. The molecule has 0 aromatic heterocycles. The van der Waals surface area contributed by atoms with Crippen LogP contribution in [0.1, 0.15) is 207 Å². The smallest absolute Gasteiger partial charge is 0.326 e. The minimum Gasteiger partial charge on any atom is -0.481 e. The minimum absolute atomic E-state index is 0.0623. The topological polar surface area (TPSA) is 875 Å². The average molecular weight is 2000 g/mol. The van der Waals surface area contributed by atoms with Crippen LogP contribution >= 0.6 is 0 Å². The molecule has 20 atom stereocenters. The van der Waals surface area contributed by atoms with Crippen LogP contribution in [-0.2, 0) is 115 Å². The molecule has 33 N–H and O–H groups in total. The van der Waals surface area contributed by atoms with E-state index in [9.17, 15) is 151 Å². The summed E-state index contributed by atoms with van der Waals surface area (Å²) in [5.74, 6) is -29.0. The van der Waals surface area contributed by atoms with E-state index in [-0.39, 0.29) is 88.6 Å². The van der Waals surface area contributed by atoms with Gasteiger partial charge in [0.1, 0.15) is 115 Å². The summed E-state index contributed by atoms with van der Waals surface area (Å²) in [7, 11) is 0. The van der Waals surface area contributed by atoms with Gasteiger partial charge in [-0.15, -0.1) is 0 Å². The van der Waals surface area contributed by atoms with Crippen molar-refractivity contribution in [3.05, 3.63) is 0 Å². The number of unbranched alkanes of at least 4 members (excludes halogenated alkanes) is 1. The molecule has 54 heteroatoms. The molecular weight excluding hydrogens is 1850 g/mol. The molecule has 1 fully saturated rings. The summed E-state index contributed by atoms with van der Waals surface area (Å²) in [6.45, 7) is 18.2. The van der Waals surface area contributed by atoms with Gasteiger partial charge < -0.3 is 159 Å². The number of nitrogens with one attached hydrogen (secondary N) is 18. The van der Waals surface area contributed by atoms with Crippen LogP contribution in [0.15, 0.2) is 0 Å². The van der Waals surface area contributed by atoms with E-state index in [4.69, 9.17) is 22.9 Å². The first-order valence-corrected chi connectivity index (χ1v) is 46.2. The van der Waals surface area contributed by atoms with Crippen molar-refractivity contribution < 1.29 is 151 Å². The largest absolute Gasteiger partial charge is 0.481 e. The van der Waals surface area contributed by atoms with Gasteiger partial charge in [-0.3, -0.25) is 110 Å². The number of nitrogens with two attached hydrogens (primary N) is 4. The molecule has 0 spiro atoms. The van der Waals surface area contributed by atoms with Crippen LogP contribution in [0.5, 0.6) is 0 Å². The van der Waals surface area contributed by atoms with Gasteiger partial charge in [-0.1, -0.05) is 69.2 Å². The summed E-state index contributed by atoms with van der Waals surface area (Å²) >= 11 is 0. The van der Waals surface area contributed by atoms with Crippen molar-refractivity contribution in [2.24, 2.45) is 52.5 Å². The van der Waals surface area contributed by atoms with Crippen LogP contribution in [0.25, 0.3) is 0 Å². The lowest BCUT2D eigenvalue weighted by Crippen LogP contribution is -2.62. The van der Waals surface area contributed by atoms with Gasteiger partial charge in [-0.25, -0.2) is 4.79 Å². The number of aliphatic hydroxyl groups excluding tert-OH is 4. The molecule has 0 aromatic rings. The van der Waals surface area contributed by atoms with E-state index in [0.717, 1.165) is 25.7 Å². The predicted molar refractivity (Wildman–Crippen MR) is 493 cm³/mol. The van der Waals surface area contributed by atoms with Gasteiger partial charge >= 0.3 is 17.9 Å². The zero-order valence-electron chi connectivity index (χ0n) is 81.7. The molecule has 792 valence electrons. The fourth-order valence-corrected chi connectivity index (χ4v) is 13.9. The molecule has 140 heavy (non-hydrogen) atoms. The molecule has 1 heterocycles. The SMILES string of the molecule is CC(C)C[C@H](NC(=O)CNC(=O)[C@H](CCC(N)=O)NC(=O)[C@H](CCCCN)NC(=O)[C@H](C)NC(=O)[C@H](CC(C)C)NC(=O)[C@H](CO)NC(=O)[C@H](C)NC(=O)[C@H](CO)NC(=O)[C@@H](NC(=O)[C@H](CCC(=O)O)NC(=O)[C@H](CC(=O)O)NC(=O)[C@H](C)NC(=O)[C@H](CC(C)C)NC(=O)[C@@H](NC(=O)[C@H](C)NC(=O)[C@H](CC(C)C)NC(=O)[C@H](CCC(N)=O)NC(=O)[C@@H]1CCCN1C(=O)[C@@H](N)CO)[C@@H](C)O)C(C)C)C(=O)O. The zero-order chi connectivity index (χ0) is 107. The molecule has 54 nitrogen and oxygen atoms in total. The lowest BCUT2D eigenvalue weighted by Gasteiger charge is -2.29. The van der Waals surface area contributed by atoms with E-state index in [2.05, 4.69) is 95.7 Å². The fraction of sp³-hybridized carbons (Fsp3) is 0.721. The first kappa shape index (κ1) is 125. The molecule has 0 unspecified atom stereocenters. The number of rotatable bonds is 66. The van der Waals surface area contributed by atoms with Crippen LogP contribution in [0, 0.1) is 29.6 Å². The normalized spacial score (nSPS) is 16.4. The Labute approximate surface area is 809 Å². The van der Waals surface area contributed by atoms with Crippen LogP contribution in [-0.4, -0.2) is 343 Å². The van der Waals surface area contributed by atoms with Gasteiger partial charge in [-0.2, -0.15) is 0 Å². The van der Waals surface area contributed by atoms with Crippen LogP contribution in [0.3, 0.4) is 0 Å². The van der Waals surface area contributed by atoms with Crippen LogP contribution in [0.4, 0.5) is 0 Å². The number of amides is 21. The number of primary amides is 2. The number of hydrogen-bond acceptors (Lipinski definition) is 30. The zero-order valence-corrected chi connectivity index (χ0v) is 81.7. The number of carboxylic acids is 3. The van der Waals surface area contributed by atoms with Crippen molar-refractivity contribution in [3.8, 4) is 0 Å². The first-order valence-electron chi connectivity index (χ1n) is 46.2. The van der Waals surface area contributed by atoms with Crippen molar-refractivity contribution in [1.82, 2.24) is 101 Å². The second kappa shape index (κ2) is 62.9. The number of carboxylic acid groups (broad SMARTS) is 3. The molecule has 0 aromatic carbocycles. The monoisotopic (exact) mass is 2000 g/mol. The highest BCUT2D eigenvalue weighted by molar-refractivity contribution is 6.03. The maximum Gasteiger partial charge on any atom is 0.326 e. The maximum absolute atomic E-state index is 14.2. The maximum atomic E-state index is 14.2. The van der Waals surface area contributed by atoms with Crippen molar-refractivity contribution >= 4 is 142 Å². The third kappa shape index (κ3) is 46.2. The average Bonchev–Trinajstić information content (AvgIpc) is 1.64. The third-order valence-corrected chi connectivity index (χ3v) is 21.6. The Hall–Kier alpha value is -13.0. The highest BCUT2D eigenvalue weighted by Crippen LogP contribution is 2.21. The second-order valence-corrected chi connectivity index (χ2v) is 36.4. The lowest BCUT2D eigenvalue weighted by atomic mass is 10.0. The highest BCUT2D eigenvalue weighted by atomic mass is 16.4. The fourth-order valence-electron chi connectivity index (χ4n) is 13.9. The Bertz CT molecular complexity index is 4290. The summed E-state index contributed by atoms with van der Waals surface area (Å²) in [5.41, 5.74) is 22.1. The summed E-state index contributed by atoms with van der Waals surface area (Å²) in [5, 5.41) is 112. The number of hydrogen-bond donors (Lipinski definition) is 29. The summed E-state index contributed by atoms with van der Waals surface area (Å²) in [4.78, 5) is 322. The molecule has 1 aliphatic heterocycles. The number of likely N-dealkylation sites (tertiary alicyclic amines) is 1. The quantitative estimate of drug-likeness (QED) is 0.0251. The predicted octanol–water partition coefficient (Wildman–Crippen LogP) is -11.0. The van der Waals surface area contributed by atoms with Crippen molar-refractivity contribution in [2.75, 3.05) is 39.5 Å². The molecule has 0 radical (unpaired) electrons. The Kier molecular flexibility index (Phi) is 56.2. The molecule has 0 aliphatic carbocycles. The number of nitrogens with zero attached hydrogens (tertiary/aromatic N) is 1. The van der Waals surface area contributed by atoms with E-state index >= 15 is 0 Å². The van der Waals surface area contributed by atoms with Gasteiger partial charge in [0.05, 0.1) is 38.9 Å². The minimum atomic E-state index is -2.13. The van der Waals surface area contributed by atoms with Gasteiger partial charge in [-0.05, 0) is 148 Å². The Morgan fingerprint density at radius 2 is 0.671 bits per heavy atom. The van der Waals surface area contributed by atoms with Crippen molar-refractivity contribution in [3.63, 3.8) is 0 Å². The van der Waals surface area contributed by atoms with Crippen LogP contribution < -0.4 is 119 Å². The lowest BCUT2D eigenvalue weighted by molar-refractivity contribution is -0.142. The van der Waals surface area contributed by atoms with E-state index in [1.165, 1.54) is 27.7 Å². The van der Waals surface area contributed by atoms with Gasteiger partial charge in [0.25, 0.3) is 0 Å². The molecule has 0 saturated carbocycles. The third-order valence-electron chi connectivity index (χ3n) is 21.6. The molecule has 21 amide bonds. The van der Waals surface area contributed by atoms with Crippen molar-refractivity contribution in [2.45, 2.75) is 327 Å². The molecule has 1 rings (SSSR count). The van der Waals surface area contributed by atoms with Crippen LogP contribution in [0.2, 0.25) is 0 Å². The van der Waals surface area contributed by atoms with Gasteiger partial charge in [0.15, 0.2) is 0 Å². The summed E-state index contributed by atoms with van der Waals surface area (Å²) in [6.07, 6.45) is -5.53. The Morgan fingerprint density at radius 3 is 1.06 bits per heavy atom. The molecule has 1 aliphatic rings. The standard InChI is InChI=1S/C86H147N23O31/c1-38(2)29-53(102-74(127)51(22-25-62(90)115)100-82(135)60-20-18-28-109(60)85(138)48(88)35-110)76(129)94-46(14)71(124)108-67(47(15)113)84(137)104-55(31-40(5)6)78(131)93-44(12)69(122)101-56(33-65(119)120)79(132)99-52(23-26-64(117)118)75(128)107-66(42(9)10)83(136)106-58(36-111)80(133)95-45(13)70(123)105-59(37-112)81(134)103-54(30-39(3)4)77(130)92-43(11)68(121)97-49(19-16-17-27-87)73(126)98-50(21-24-61(89)114)72(125)91-34-63(116)96-57(86(139)140)32-41(7)8/h38-60,66-67,110-113H,16-37,87-88H2,1-15H3,(H2,89,114)(H2,90,115)(H,91,125)(H,92,130)(H,93,131)(H,94,129)(H,95,133)(H,96,116)(H,97,121)(H,98,126)(H,99,132)(H,100,135)(H,101,122)(H,102,127)(H,103,134)(H,104,137)(H,105,123)(H,106,136)(H,107,128)(H,108,124)(H,117,118)(H,119,120)(H,139,140)/t43-,44-,45-,46-,47+,48-,49-,50-,51-,52-,53-,54-,55-,56-,57-,58-,59-,60-,66-,67-/m0/s1. The van der Waals surface area contributed by atoms with E-state index in [1.807, 2.05) is 0 Å². The highest BCUT2D eigenvalue weighted by Gasteiger charge is 2.43. The van der Waals surface area contributed by atoms with Crippen molar-refractivity contribution in [1.29, 1.82) is 0 Å². The number of aliphatic hydroxyl groups is 4.